The molecule has 5 rings (SSSR count). The van der Waals surface area contributed by atoms with Crippen molar-refractivity contribution in [2.45, 2.75) is 6.54 Å². The Bertz CT molecular complexity index is 1330. The Hall–Kier alpha value is -2.88. The zero-order valence-electron chi connectivity index (χ0n) is 14.3. The summed E-state index contributed by atoms with van der Waals surface area (Å²) >= 11 is 4.41. The van der Waals surface area contributed by atoms with Gasteiger partial charge in [0.2, 0.25) is 5.91 Å². The second-order valence-corrected chi connectivity index (χ2v) is 8.86. The number of carbonyl (C=O) groups is 1. The van der Waals surface area contributed by atoms with Crippen LogP contribution in [0.1, 0.15) is 0 Å². The quantitative estimate of drug-likeness (QED) is 0.463. The Morgan fingerprint density at radius 2 is 2.04 bits per heavy atom. The first-order valence-corrected chi connectivity index (χ1v) is 10.9. The smallest absolute Gasteiger partial charge is 0.263 e. The van der Waals surface area contributed by atoms with Gasteiger partial charge in [0.05, 0.1) is 21.9 Å². The maximum absolute atomic E-state index is 13.0. The normalized spacial score (nSPS) is 11.3. The van der Waals surface area contributed by atoms with Gasteiger partial charge in [-0.05, 0) is 23.6 Å². The van der Waals surface area contributed by atoms with Crippen molar-refractivity contribution in [1.29, 1.82) is 0 Å². The zero-order valence-corrected chi connectivity index (χ0v) is 16.7. The molecule has 0 fully saturated rings. The highest BCUT2D eigenvalue weighted by atomic mass is 32.1. The fourth-order valence-corrected chi connectivity index (χ4v) is 5.54. The van der Waals surface area contributed by atoms with Crippen molar-refractivity contribution < 1.29 is 4.79 Å². The molecule has 4 heterocycles. The number of carbonyl (C=O) groups excluding carboxylic acids is 1. The highest BCUT2D eigenvalue weighted by Crippen LogP contribution is 2.33. The van der Waals surface area contributed by atoms with Crippen LogP contribution in [0.25, 0.3) is 30.9 Å². The van der Waals surface area contributed by atoms with Crippen LogP contribution in [-0.2, 0) is 11.3 Å². The number of benzene rings is 1. The van der Waals surface area contributed by atoms with E-state index in [1.165, 1.54) is 33.6 Å². The summed E-state index contributed by atoms with van der Waals surface area (Å²) in [4.78, 5) is 35.9. The van der Waals surface area contributed by atoms with Gasteiger partial charge in [0, 0.05) is 15.8 Å². The number of para-hydroxylation sites is 1. The summed E-state index contributed by atoms with van der Waals surface area (Å²) in [5, 5.41) is 7.76. The van der Waals surface area contributed by atoms with Crippen LogP contribution < -0.4 is 10.9 Å². The predicted molar refractivity (Wildman–Crippen MR) is 115 cm³/mol. The van der Waals surface area contributed by atoms with Gasteiger partial charge in [0.1, 0.15) is 11.4 Å². The molecule has 0 saturated carbocycles. The summed E-state index contributed by atoms with van der Waals surface area (Å²) in [7, 11) is 0. The second-order valence-electron chi connectivity index (χ2n) is 6.02. The number of aromatic nitrogens is 3. The number of nitrogens with zero attached hydrogens (tertiary/aromatic N) is 3. The van der Waals surface area contributed by atoms with Crippen molar-refractivity contribution >= 4 is 65.5 Å². The summed E-state index contributed by atoms with van der Waals surface area (Å²) in [6.45, 7) is -0.114. The van der Waals surface area contributed by atoms with E-state index in [2.05, 4.69) is 15.3 Å². The van der Waals surface area contributed by atoms with Crippen molar-refractivity contribution in [3.05, 3.63) is 63.8 Å². The van der Waals surface area contributed by atoms with Crippen molar-refractivity contribution in [1.82, 2.24) is 14.5 Å². The zero-order chi connectivity index (χ0) is 19.1. The summed E-state index contributed by atoms with van der Waals surface area (Å²) < 4.78 is 2.34. The van der Waals surface area contributed by atoms with Gasteiger partial charge in [-0.1, -0.05) is 29.5 Å². The first kappa shape index (κ1) is 17.2. The second kappa shape index (κ2) is 6.93. The Balaban J connectivity index is 1.44. The van der Waals surface area contributed by atoms with Gasteiger partial charge in [0.25, 0.3) is 5.56 Å². The third kappa shape index (κ3) is 3.03. The first-order chi connectivity index (χ1) is 13.7. The summed E-state index contributed by atoms with van der Waals surface area (Å²) in [6.07, 6.45) is 1.43. The van der Waals surface area contributed by atoms with Gasteiger partial charge in [-0.25, -0.2) is 9.97 Å². The van der Waals surface area contributed by atoms with E-state index in [1.54, 1.807) is 11.3 Å². The summed E-state index contributed by atoms with van der Waals surface area (Å²) in [5.74, 6) is -0.310. The minimum absolute atomic E-state index is 0.114. The lowest BCUT2D eigenvalue weighted by Gasteiger charge is -2.05. The molecule has 0 radical (unpaired) electrons. The molecule has 0 bridgehead atoms. The van der Waals surface area contributed by atoms with Crippen LogP contribution in [0.3, 0.4) is 0 Å². The van der Waals surface area contributed by atoms with E-state index in [-0.39, 0.29) is 18.0 Å². The highest BCUT2D eigenvalue weighted by molar-refractivity contribution is 7.22. The van der Waals surface area contributed by atoms with Gasteiger partial charge in [-0.15, -0.1) is 22.7 Å². The number of hydrogen-bond acceptors (Lipinski definition) is 7. The van der Waals surface area contributed by atoms with Gasteiger partial charge >= 0.3 is 0 Å². The first-order valence-electron chi connectivity index (χ1n) is 8.35. The van der Waals surface area contributed by atoms with Crippen LogP contribution in [0.5, 0.6) is 0 Å². The van der Waals surface area contributed by atoms with E-state index in [4.69, 9.17) is 0 Å². The van der Waals surface area contributed by atoms with E-state index in [0.29, 0.717) is 15.3 Å². The molecular formula is C19H12N4O2S3. The molecule has 0 atom stereocenters. The van der Waals surface area contributed by atoms with Crippen LogP contribution in [0, 0.1) is 0 Å². The Morgan fingerprint density at radius 1 is 1.14 bits per heavy atom. The molecule has 5 aromatic rings. The van der Waals surface area contributed by atoms with E-state index in [9.17, 15) is 9.59 Å². The molecule has 9 heteroatoms. The number of nitrogens with one attached hydrogen (secondary N) is 1. The molecule has 0 saturated heterocycles. The Kier molecular flexibility index (Phi) is 4.27. The van der Waals surface area contributed by atoms with E-state index < -0.39 is 0 Å². The summed E-state index contributed by atoms with van der Waals surface area (Å²) in [6, 6.07) is 11.6. The maximum Gasteiger partial charge on any atom is 0.263 e. The topological polar surface area (TPSA) is 76.9 Å². The lowest BCUT2D eigenvalue weighted by Crippen LogP contribution is -2.27. The molecule has 4 aromatic heterocycles. The average Bonchev–Trinajstić information content (AvgIpc) is 3.42. The lowest BCUT2D eigenvalue weighted by molar-refractivity contribution is -0.116. The fraction of sp³-hybridized carbons (Fsp3) is 0.0526. The van der Waals surface area contributed by atoms with Crippen LogP contribution >= 0.6 is 34.0 Å². The third-order valence-corrected chi connectivity index (χ3v) is 6.94. The van der Waals surface area contributed by atoms with Crippen LogP contribution in [-0.4, -0.2) is 20.4 Å². The number of thiazole rings is 1. The minimum atomic E-state index is -0.310. The molecule has 1 aromatic carbocycles. The molecule has 0 aliphatic rings. The number of amides is 1. The lowest BCUT2D eigenvalue weighted by atomic mass is 10.2. The van der Waals surface area contributed by atoms with Gasteiger partial charge in [-0.2, -0.15) is 0 Å². The minimum Gasteiger partial charge on any atom is -0.300 e. The van der Waals surface area contributed by atoms with E-state index >= 15 is 0 Å². The number of anilines is 1. The fourth-order valence-electron chi connectivity index (χ4n) is 2.93. The SMILES string of the molecule is O=C(Cn1cnc2scc(-c3cccs3)c2c1=O)Nc1nc2ccccc2s1. The van der Waals surface area contributed by atoms with Crippen LogP contribution in [0.4, 0.5) is 5.13 Å². The van der Waals surface area contributed by atoms with E-state index in [1.807, 2.05) is 47.2 Å². The highest BCUT2D eigenvalue weighted by Gasteiger charge is 2.16. The number of fused-ring (bicyclic) bond motifs is 2. The molecule has 1 N–H and O–H groups in total. The van der Waals surface area contributed by atoms with Crippen LogP contribution in [0.15, 0.2) is 58.3 Å². The number of hydrogen-bond donors (Lipinski definition) is 1. The molecule has 28 heavy (non-hydrogen) atoms. The molecule has 0 spiro atoms. The van der Waals surface area contributed by atoms with Crippen molar-refractivity contribution in [3.63, 3.8) is 0 Å². The third-order valence-electron chi connectivity index (χ3n) is 4.20. The van der Waals surface area contributed by atoms with Gasteiger partial charge in [0.15, 0.2) is 5.13 Å². The molecule has 0 aliphatic carbocycles. The van der Waals surface area contributed by atoms with Gasteiger partial charge < -0.3 is 5.32 Å². The molecule has 0 unspecified atom stereocenters. The number of thiophene rings is 2. The standard InChI is InChI=1S/C19H12N4O2S3/c24-15(22-19-21-12-4-1-2-5-14(12)28-19)8-23-10-20-17-16(18(23)25)11(9-27-17)13-6-3-7-26-13/h1-7,9-10H,8H2,(H,21,22,24). The number of rotatable bonds is 4. The molecule has 138 valence electrons. The Labute approximate surface area is 170 Å². The van der Waals surface area contributed by atoms with Crippen LogP contribution in [0.2, 0.25) is 0 Å². The molecule has 0 aliphatic heterocycles. The van der Waals surface area contributed by atoms with Gasteiger partial charge in [-0.3, -0.25) is 14.2 Å². The average molecular weight is 425 g/mol. The summed E-state index contributed by atoms with van der Waals surface area (Å²) in [5.41, 5.74) is 1.49. The van der Waals surface area contributed by atoms with Crippen molar-refractivity contribution in [2.75, 3.05) is 5.32 Å². The Morgan fingerprint density at radius 3 is 2.86 bits per heavy atom. The largest absolute Gasteiger partial charge is 0.300 e. The predicted octanol–water partition coefficient (Wildman–Crippen LogP) is 4.43. The molecule has 6 nitrogen and oxygen atoms in total. The van der Waals surface area contributed by atoms with Crippen molar-refractivity contribution in [2.24, 2.45) is 0 Å². The molecule has 1 amide bonds. The monoisotopic (exact) mass is 424 g/mol. The maximum atomic E-state index is 13.0. The van der Waals surface area contributed by atoms with Crippen molar-refractivity contribution in [3.8, 4) is 10.4 Å². The van der Waals surface area contributed by atoms with E-state index in [0.717, 1.165) is 20.7 Å². The molecular weight excluding hydrogens is 412 g/mol.